The highest BCUT2D eigenvalue weighted by Crippen LogP contribution is 2.16. The van der Waals surface area contributed by atoms with Crippen LogP contribution >= 0.6 is 15.9 Å². The summed E-state index contributed by atoms with van der Waals surface area (Å²) in [6.45, 7) is 3.90. The Labute approximate surface area is 92.3 Å². The Morgan fingerprint density at radius 2 is 2.29 bits per heavy atom. The number of nitriles is 1. The van der Waals surface area contributed by atoms with Crippen molar-refractivity contribution in [1.82, 2.24) is 9.97 Å². The van der Waals surface area contributed by atoms with Crippen LogP contribution in [0.25, 0.3) is 0 Å². The van der Waals surface area contributed by atoms with E-state index in [0.29, 0.717) is 5.33 Å². The summed E-state index contributed by atoms with van der Waals surface area (Å²) in [5, 5.41) is 9.51. The molecule has 74 valence electrons. The maximum atomic E-state index is 8.89. The summed E-state index contributed by atoms with van der Waals surface area (Å²) < 4.78 is 0. The van der Waals surface area contributed by atoms with Gasteiger partial charge in [0.15, 0.2) is 0 Å². The highest BCUT2D eigenvalue weighted by Gasteiger charge is 2.11. The highest BCUT2D eigenvalue weighted by molar-refractivity contribution is 9.09. The van der Waals surface area contributed by atoms with Crippen molar-refractivity contribution >= 4 is 15.9 Å². The van der Waals surface area contributed by atoms with Gasteiger partial charge in [-0.3, -0.25) is 0 Å². The fourth-order valence-corrected chi connectivity index (χ4v) is 1.67. The first-order valence-corrected chi connectivity index (χ1v) is 5.63. The molecule has 1 aromatic rings. The number of halogens is 1. The van der Waals surface area contributed by atoms with Crippen molar-refractivity contribution in [3.8, 4) is 6.07 Å². The molecule has 1 heterocycles. The van der Waals surface area contributed by atoms with Gasteiger partial charge in [-0.2, -0.15) is 5.26 Å². The second kappa shape index (κ2) is 5.06. The Bertz CT molecular complexity index is 357. The molecule has 1 atom stereocenters. The summed E-state index contributed by atoms with van der Waals surface area (Å²) in [4.78, 5) is 8.53. The van der Waals surface area contributed by atoms with Crippen molar-refractivity contribution < 1.29 is 0 Å². The quantitative estimate of drug-likeness (QED) is 0.778. The smallest absolute Gasteiger partial charge is 0.125 e. The van der Waals surface area contributed by atoms with Crippen LogP contribution in [-0.4, -0.2) is 15.3 Å². The normalized spacial score (nSPS) is 12.1. The number of rotatable bonds is 3. The third kappa shape index (κ3) is 2.52. The lowest BCUT2D eigenvalue weighted by Crippen LogP contribution is -2.05. The summed E-state index contributed by atoms with van der Waals surface area (Å²) in [7, 11) is 0. The van der Waals surface area contributed by atoms with Crippen LogP contribution in [0.4, 0.5) is 0 Å². The first-order valence-electron chi connectivity index (χ1n) is 4.51. The molecule has 0 aliphatic rings. The van der Waals surface area contributed by atoms with Crippen molar-refractivity contribution in [2.45, 2.75) is 26.2 Å². The number of aryl methyl sites for hydroxylation is 2. The van der Waals surface area contributed by atoms with Crippen molar-refractivity contribution in [3.63, 3.8) is 0 Å². The average Bonchev–Trinajstić information content (AvgIpc) is 2.19. The molecule has 0 aromatic carbocycles. The van der Waals surface area contributed by atoms with Crippen LogP contribution in [0.15, 0.2) is 6.07 Å². The standard InChI is InChI=1S/C10H12BrN3/c1-3-9-4-10(8(5-11)6-12)14-7(2)13-9/h4,8H,3,5H2,1-2H3. The number of alkyl halides is 1. The fraction of sp³-hybridized carbons (Fsp3) is 0.500. The molecule has 0 aliphatic carbocycles. The Balaban J connectivity index is 3.09. The number of hydrogen-bond donors (Lipinski definition) is 0. The van der Waals surface area contributed by atoms with E-state index in [4.69, 9.17) is 5.26 Å². The summed E-state index contributed by atoms with van der Waals surface area (Å²) in [6.07, 6.45) is 0.872. The molecule has 0 aliphatic heterocycles. The Morgan fingerprint density at radius 3 is 2.79 bits per heavy atom. The van der Waals surface area contributed by atoms with Crippen LogP contribution in [0.2, 0.25) is 0 Å². The summed E-state index contributed by atoms with van der Waals surface area (Å²) in [5.74, 6) is 0.558. The van der Waals surface area contributed by atoms with E-state index < -0.39 is 0 Å². The lowest BCUT2D eigenvalue weighted by atomic mass is 10.1. The first kappa shape index (κ1) is 11.1. The third-order valence-electron chi connectivity index (χ3n) is 1.94. The monoisotopic (exact) mass is 253 g/mol. The molecular weight excluding hydrogens is 242 g/mol. The van der Waals surface area contributed by atoms with Crippen LogP contribution in [0, 0.1) is 18.3 Å². The van der Waals surface area contributed by atoms with Gasteiger partial charge >= 0.3 is 0 Å². The van der Waals surface area contributed by atoms with Gasteiger partial charge in [0.1, 0.15) is 5.82 Å². The van der Waals surface area contributed by atoms with Gasteiger partial charge in [0.25, 0.3) is 0 Å². The second-order valence-electron chi connectivity index (χ2n) is 3.02. The molecule has 0 saturated heterocycles. The molecule has 1 aromatic heterocycles. The summed E-state index contributed by atoms with van der Waals surface area (Å²) >= 11 is 3.30. The van der Waals surface area contributed by atoms with Crippen molar-refractivity contribution in [2.75, 3.05) is 5.33 Å². The van der Waals surface area contributed by atoms with Gasteiger partial charge in [0.05, 0.1) is 17.7 Å². The van der Waals surface area contributed by atoms with Crippen LogP contribution in [0.5, 0.6) is 0 Å². The number of hydrogen-bond acceptors (Lipinski definition) is 3. The predicted octanol–water partition coefficient (Wildman–Crippen LogP) is 2.35. The second-order valence-corrected chi connectivity index (χ2v) is 3.67. The van der Waals surface area contributed by atoms with Crippen molar-refractivity contribution in [3.05, 3.63) is 23.3 Å². The van der Waals surface area contributed by atoms with E-state index in [0.717, 1.165) is 23.6 Å². The van der Waals surface area contributed by atoms with Crippen molar-refractivity contribution in [1.29, 1.82) is 5.26 Å². The molecule has 0 radical (unpaired) electrons. The number of nitrogens with zero attached hydrogens (tertiary/aromatic N) is 3. The molecule has 14 heavy (non-hydrogen) atoms. The Morgan fingerprint density at radius 1 is 1.57 bits per heavy atom. The molecule has 4 heteroatoms. The first-order chi connectivity index (χ1) is 6.71. The topological polar surface area (TPSA) is 49.6 Å². The van der Waals surface area contributed by atoms with Gasteiger partial charge in [-0.25, -0.2) is 9.97 Å². The molecule has 0 N–H and O–H groups in total. The van der Waals surface area contributed by atoms with Gasteiger partial charge in [-0.15, -0.1) is 0 Å². The van der Waals surface area contributed by atoms with Gasteiger partial charge in [-0.05, 0) is 19.4 Å². The molecule has 0 saturated carbocycles. The van der Waals surface area contributed by atoms with E-state index >= 15 is 0 Å². The van der Waals surface area contributed by atoms with E-state index in [9.17, 15) is 0 Å². The number of aromatic nitrogens is 2. The molecule has 0 fully saturated rings. The minimum absolute atomic E-state index is 0.179. The SMILES string of the molecule is CCc1cc(C(C#N)CBr)nc(C)n1. The van der Waals surface area contributed by atoms with E-state index in [1.54, 1.807) is 0 Å². The summed E-state index contributed by atoms with van der Waals surface area (Å²) in [6, 6.07) is 4.11. The van der Waals surface area contributed by atoms with E-state index in [1.807, 2.05) is 19.9 Å². The average molecular weight is 254 g/mol. The largest absolute Gasteiger partial charge is 0.238 e. The maximum absolute atomic E-state index is 8.89. The molecular formula is C10H12BrN3. The van der Waals surface area contributed by atoms with Crippen LogP contribution in [0.1, 0.15) is 30.1 Å². The predicted molar refractivity (Wildman–Crippen MR) is 58.3 cm³/mol. The van der Waals surface area contributed by atoms with Gasteiger partial charge < -0.3 is 0 Å². The van der Waals surface area contributed by atoms with Crippen LogP contribution in [0.3, 0.4) is 0 Å². The van der Waals surface area contributed by atoms with Crippen molar-refractivity contribution in [2.24, 2.45) is 0 Å². The van der Waals surface area contributed by atoms with Gasteiger partial charge in [0.2, 0.25) is 0 Å². The third-order valence-corrected chi connectivity index (χ3v) is 2.59. The van der Waals surface area contributed by atoms with Gasteiger partial charge in [0, 0.05) is 11.0 Å². The molecule has 1 rings (SSSR count). The van der Waals surface area contributed by atoms with Crippen LogP contribution < -0.4 is 0 Å². The molecule has 0 bridgehead atoms. The van der Waals surface area contributed by atoms with E-state index in [1.165, 1.54) is 0 Å². The Hall–Kier alpha value is -0.950. The zero-order chi connectivity index (χ0) is 10.6. The minimum atomic E-state index is -0.179. The maximum Gasteiger partial charge on any atom is 0.125 e. The van der Waals surface area contributed by atoms with E-state index in [2.05, 4.69) is 32.0 Å². The Kier molecular flexibility index (Phi) is 4.02. The molecule has 0 amide bonds. The summed E-state index contributed by atoms with van der Waals surface area (Å²) in [5.41, 5.74) is 1.81. The lowest BCUT2D eigenvalue weighted by Gasteiger charge is -2.07. The van der Waals surface area contributed by atoms with Crippen LogP contribution in [-0.2, 0) is 6.42 Å². The zero-order valence-corrected chi connectivity index (χ0v) is 9.87. The molecule has 1 unspecified atom stereocenters. The fourth-order valence-electron chi connectivity index (χ4n) is 1.19. The zero-order valence-electron chi connectivity index (χ0n) is 8.29. The minimum Gasteiger partial charge on any atom is -0.238 e. The molecule has 0 spiro atoms. The van der Waals surface area contributed by atoms with Gasteiger partial charge in [-0.1, -0.05) is 22.9 Å². The van der Waals surface area contributed by atoms with E-state index in [-0.39, 0.29) is 5.92 Å². The molecule has 3 nitrogen and oxygen atoms in total. The lowest BCUT2D eigenvalue weighted by molar-refractivity contribution is 0.858. The highest BCUT2D eigenvalue weighted by atomic mass is 79.9.